The summed E-state index contributed by atoms with van der Waals surface area (Å²) < 4.78 is 4.97. The van der Waals surface area contributed by atoms with Gasteiger partial charge in [-0.1, -0.05) is 0 Å². The Morgan fingerprint density at radius 3 is 2.54 bits per heavy atom. The maximum absolute atomic E-state index is 12.6. The Hall–Kier alpha value is -3.09. The van der Waals surface area contributed by atoms with E-state index < -0.39 is 0 Å². The molecular formula is C21H23N3O4. The zero-order chi connectivity index (χ0) is 19.7. The maximum atomic E-state index is 12.6. The molecule has 1 aromatic carbocycles. The summed E-state index contributed by atoms with van der Waals surface area (Å²) in [4.78, 5) is 40.2. The van der Waals surface area contributed by atoms with Crippen LogP contribution in [0, 0.1) is 0 Å². The summed E-state index contributed by atoms with van der Waals surface area (Å²) in [7, 11) is 0. The summed E-state index contributed by atoms with van der Waals surface area (Å²) >= 11 is 0. The van der Waals surface area contributed by atoms with Crippen LogP contribution in [0.3, 0.4) is 0 Å². The standard InChI is InChI=1S/C21H23N3O4/c1-14(25)24-10-4-15-12-16(2-3-19(15)24)20(26)22-18-5-8-23(9-6-18)21(27)17-7-11-28-13-17/h2-3,7,11-13,18H,4-6,8-10H2,1H3,(H,22,26). The van der Waals surface area contributed by atoms with Crippen molar-refractivity contribution in [2.45, 2.75) is 32.2 Å². The second kappa shape index (κ2) is 7.50. The van der Waals surface area contributed by atoms with Crippen LogP contribution in [0.15, 0.2) is 41.2 Å². The molecule has 146 valence electrons. The van der Waals surface area contributed by atoms with E-state index in [2.05, 4.69) is 5.32 Å². The Kier molecular flexibility index (Phi) is 4.90. The van der Waals surface area contributed by atoms with E-state index in [0.29, 0.717) is 30.8 Å². The highest BCUT2D eigenvalue weighted by atomic mass is 16.3. The first-order valence-electron chi connectivity index (χ1n) is 9.56. The number of benzene rings is 1. The number of furan rings is 1. The summed E-state index contributed by atoms with van der Waals surface area (Å²) in [5.41, 5.74) is 3.10. The number of hydrogen-bond donors (Lipinski definition) is 1. The third-order valence-corrected chi connectivity index (χ3v) is 5.50. The SMILES string of the molecule is CC(=O)N1CCc2cc(C(=O)NC3CCN(C(=O)c4ccoc4)CC3)ccc21. The van der Waals surface area contributed by atoms with Crippen LogP contribution in [0.1, 0.15) is 46.0 Å². The fourth-order valence-electron chi connectivity index (χ4n) is 3.93. The molecular weight excluding hydrogens is 358 g/mol. The van der Waals surface area contributed by atoms with E-state index in [4.69, 9.17) is 4.42 Å². The monoisotopic (exact) mass is 381 g/mol. The zero-order valence-corrected chi connectivity index (χ0v) is 15.8. The van der Waals surface area contributed by atoms with Gasteiger partial charge in [0, 0.05) is 43.9 Å². The predicted molar refractivity (Wildman–Crippen MR) is 103 cm³/mol. The Morgan fingerprint density at radius 1 is 1.07 bits per heavy atom. The van der Waals surface area contributed by atoms with Gasteiger partial charge in [0.15, 0.2) is 0 Å². The lowest BCUT2D eigenvalue weighted by molar-refractivity contribution is -0.116. The van der Waals surface area contributed by atoms with Crippen LogP contribution in [0.5, 0.6) is 0 Å². The molecule has 0 atom stereocenters. The molecule has 0 aliphatic carbocycles. The number of likely N-dealkylation sites (tertiary alicyclic amines) is 1. The molecule has 0 saturated carbocycles. The summed E-state index contributed by atoms with van der Waals surface area (Å²) in [5, 5.41) is 3.08. The first kappa shape index (κ1) is 18.3. The molecule has 4 rings (SSSR count). The molecule has 0 unspecified atom stereocenters. The van der Waals surface area contributed by atoms with Gasteiger partial charge in [-0.3, -0.25) is 14.4 Å². The molecule has 1 fully saturated rings. The molecule has 28 heavy (non-hydrogen) atoms. The summed E-state index contributed by atoms with van der Waals surface area (Å²) in [6, 6.07) is 7.21. The van der Waals surface area contributed by atoms with E-state index in [1.807, 2.05) is 12.1 Å². The fourth-order valence-corrected chi connectivity index (χ4v) is 3.93. The molecule has 1 saturated heterocycles. The Labute approximate surface area is 163 Å². The molecule has 7 nitrogen and oxygen atoms in total. The normalized spacial score (nSPS) is 16.8. The summed E-state index contributed by atoms with van der Waals surface area (Å²) in [5.74, 6) is -0.122. The quantitative estimate of drug-likeness (QED) is 0.884. The van der Waals surface area contributed by atoms with Crippen molar-refractivity contribution in [1.82, 2.24) is 10.2 Å². The van der Waals surface area contributed by atoms with Crippen molar-refractivity contribution in [3.05, 3.63) is 53.5 Å². The van der Waals surface area contributed by atoms with Gasteiger partial charge in [-0.05, 0) is 49.1 Å². The number of anilines is 1. The minimum absolute atomic E-state index is 0.0210. The van der Waals surface area contributed by atoms with Crippen LogP contribution in [-0.4, -0.2) is 48.3 Å². The molecule has 3 heterocycles. The number of fused-ring (bicyclic) bond motifs is 1. The fraction of sp³-hybridized carbons (Fsp3) is 0.381. The lowest BCUT2D eigenvalue weighted by Crippen LogP contribution is -2.46. The van der Waals surface area contributed by atoms with Crippen LogP contribution < -0.4 is 10.2 Å². The number of nitrogens with one attached hydrogen (secondary N) is 1. The zero-order valence-electron chi connectivity index (χ0n) is 15.8. The average molecular weight is 381 g/mol. The first-order chi connectivity index (χ1) is 13.5. The lowest BCUT2D eigenvalue weighted by Gasteiger charge is -2.32. The van der Waals surface area contributed by atoms with Crippen molar-refractivity contribution in [3.8, 4) is 0 Å². The van der Waals surface area contributed by atoms with Crippen molar-refractivity contribution >= 4 is 23.4 Å². The van der Waals surface area contributed by atoms with Crippen molar-refractivity contribution in [3.63, 3.8) is 0 Å². The van der Waals surface area contributed by atoms with E-state index in [9.17, 15) is 14.4 Å². The second-order valence-corrected chi connectivity index (χ2v) is 7.32. The van der Waals surface area contributed by atoms with Gasteiger partial charge < -0.3 is 19.5 Å². The van der Waals surface area contributed by atoms with E-state index in [1.54, 1.807) is 28.9 Å². The summed E-state index contributed by atoms with van der Waals surface area (Å²) in [6.07, 6.45) is 5.16. The van der Waals surface area contributed by atoms with Gasteiger partial charge in [-0.25, -0.2) is 0 Å². The third kappa shape index (κ3) is 3.52. The topological polar surface area (TPSA) is 82.9 Å². The Balaban J connectivity index is 1.34. The number of piperidine rings is 1. The van der Waals surface area contributed by atoms with Gasteiger partial charge in [0.05, 0.1) is 11.8 Å². The molecule has 2 aliphatic rings. The van der Waals surface area contributed by atoms with E-state index in [1.165, 1.54) is 12.5 Å². The summed E-state index contributed by atoms with van der Waals surface area (Å²) in [6.45, 7) is 3.43. The molecule has 0 bridgehead atoms. The van der Waals surface area contributed by atoms with Gasteiger partial charge >= 0.3 is 0 Å². The van der Waals surface area contributed by atoms with E-state index in [0.717, 1.165) is 30.5 Å². The third-order valence-electron chi connectivity index (χ3n) is 5.50. The van der Waals surface area contributed by atoms with Crippen molar-refractivity contribution in [2.75, 3.05) is 24.5 Å². The van der Waals surface area contributed by atoms with Crippen LogP contribution in [-0.2, 0) is 11.2 Å². The number of carbonyl (C=O) groups excluding carboxylic acids is 3. The highest BCUT2D eigenvalue weighted by molar-refractivity contribution is 5.98. The first-order valence-corrected chi connectivity index (χ1v) is 9.56. The number of amides is 3. The predicted octanol–water partition coefficient (Wildman–Crippen LogP) is 2.22. The van der Waals surface area contributed by atoms with Gasteiger partial charge in [0.2, 0.25) is 5.91 Å². The van der Waals surface area contributed by atoms with Crippen molar-refractivity contribution < 1.29 is 18.8 Å². The smallest absolute Gasteiger partial charge is 0.257 e. The average Bonchev–Trinajstić information content (AvgIpc) is 3.37. The molecule has 0 spiro atoms. The highest BCUT2D eigenvalue weighted by Crippen LogP contribution is 2.29. The van der Waals surface area contributed by atoms with Crippen LogP contribution >= 0.6 is 0 Å². The molecule has 0 radical (unpaired) electrons. The second-order valence-electron chi connectivity index (χ2n) is 7.32. The lowest BCUT2D eigenvalue weighted by atomic mass is 10.0. The number of nitrogens with zero attached hydrogens (tertiary/aromatic N) is 2. The Bertz CT molecular complexity index is 898. The Morgan fingerprint density at radius 2 is 1.86 bits per heavy atom. The number of hydrogen-bond acceptors (Lipinski definition) is 4. The van der Waals surface area contributed by atoms with Crippen molar-refractivity contribution in [1.29, 1.82) is 0 Å². The molecule has 1 aromatic heterocycles. The van der Waals surface area contributed by atoms with Crippen LogP contribution in [0.4, 0.5) is 5.69 Å². The number of rotatable bonds is 3. The maximum Gasteiger partial charge on any atom is 0.257 e. The molecule has 2 aromatic rings. The van der Waals surface area contributed by atoms with Gasteiger partial charge in [0.1, 0.15) is 6.26 Å². The molecule has 7 heteroatoms. The molecule has 2 aliphatic heterocycles. The van der Waals surface area contributed by atoms with E-state index in [-0.39, 0.29) is 23.8 Å². The molecule has 1 N–H and O–H groups in total. The van der Waals surface area contributed by atoms with Gasteiger partial charge in [-0.2, -0.15) is 0 Å². The minimum Gasteiger partial charge on any atom is -0.472 e. The van der Waals surface area contributed by atoms with Crippen LogP contribution in [0.2, 0.25) is 0 Å². The van der Waals surface area contributed by atoms with Gasteiger partial charge in [0.25, 0.3) is 11.8 Å². The van der Waals surface area contributed by atoms with Crippen LogP contribution in [0.25, 0.3) is 0 Å². The molecule has 3 amide bonds. The highest BCUT2D eigenvalue weighted by Gasteiger charge is 2.27. The van der Waals surface area contributed by atoms with Gasteiger partial charge in [-0.15, -0.1) is 0 Å². The largest absolute Gasteiger partial charge is 0.472 e. The minimum atomic E-state index is -0.108. The van der Waals surface area contributed by atoms with E-state index >= 15 is 0 Å². The number of carbonyl (C=O) groups is 3. The van der Waals surface area contributed by atoms with Crippen molar-refractivity contribution in [2.24, 2.45) is 0 Å².